The van der Waals surface area contributed by atoms with Crippen molar-refractivity contribution >= 4 is 33.3 Å². The number of aliphatic hydroxyl groups is 1. The van der Waals surface area contributed by atoms with Crippen LogP contribution < -0.4 is 19.1 Å². The van der Waals surface area contributed by atoms with E-state index >= 15 is 0 Å². The molecular formula is C53H65ClN2O8S. The molecule has 0 radical (unpaired) electrons. The first kappa shape index (κ1) is 47.0. The summed E-state index contributed by atoms with van der Waals surface area (Å²) >= 11 is 6.51. The van der Waals surface area contributed by atoms with Gasteiger partial charge >= 0.3 is 5.97 Å². The molecule has 1 aliphatic heterocycles. The molecule has 3 aliphatic carbocycles. The van der Waals surface area contributed by atoms with Crippen LogP contribution in [0.25, 0.3) is 0 Å². The number of allylic oxidation sites excluding steroid dienone is 1. The van der Waals surface area contributed by atoms with Gasteiger partial charge in [-0.25, -0.2) is 13.2 Å². The second-order valence-electron chi connectivity index (χ2n) is 20.5. The summed E-state index contributed by atoms with van der Waals surface area (Å²) in [7, 11) is -0.529. The Morgan fingerprint density at radius 2 is 1.57 bits per heavy atom. The fourth-order valence-electron chi connectivity index (χ4n) is 10.4. The lowest BCUT2D eigenvalue weighted by molar-refractivity contribution is 0.00694. The minimum Gasteiger partial charge on any atom is -0.497 e. The summed E-state index contributed by atoms with van der Waals surface area (Å²) in [6.07, 6.45) is 6.97. The zero-order valence-electron chi connectivity index (χ0n) is 38.9. The van der Waals surface area contributed by atoms with E-state index in [1.54, 1.807) is 24.6 Å². The van der Waals surface area contributed by atoms with Crippen LogP contribution in [-0.2, 0) is 39.7 Å². The summed E-state index contributed by atoms with van der Waals surface area (Å²) in [5, 5.41) is 12.8. The fourth-order valence-corrected chi connectivity index (χ4v) is 12.6. The molecule has 1 saturated carbocycles. The van der Waals surface area contributed by atoms with Crippen molar-refractivity contribution in [2.24, 2.45) is 23.2 Å². The smallest absolute Gasteiger partial charge is 0.338 e. The van der Waals surface area contributed by atoms with Gasteiger partial charge in [0.15, 0.2) is 0 Å². The normalized spacial score (nSPS) is 22.3. The van der Waals surface area contributed by atoms with Gasteiger partial charge in [-0.3, -0.25) is 0 Å². The monoisotopic (exact) mass is 924 g/mol. The lowest BCUT2D eigenvalue weighted by Gasteiger charge is -2.48. The highest BCUT2D eigenvalue weighted by Crippen LogP contribution is 2.50. The van der Waals surface area contributed by atoms with Crippen LogP contribution in [-0.4, -0.2) is 75.2 Å². The standard InChI is InChI=1S/C53H65ClN2O8S/c1-51(2,3)64-50(58)38-15-23-48-47(28-38)55(32-53(33-63-48)24-8-9-37-27-42(54)16-22-46(37)53)31-39-14-21-45(39)49(57)40-25-41(26-40)52(4,5)34-65(59,60)56(29-35-10-17-43(61-6)18-11-35)30-36-12-19-44(62-7)20-13-36/h10-13,15-20,22-23,25,27-28,39,41,45,49,57H,8-9,14,21,24,26,29-34H2,1-7H3/t39-,41-,45+,49+,53-/m0/s1. The minimum absolute atomic E-state index is 0.00934. The molecule has 4 aromatic carbocycles. The van der Waals surface area contributed by atoms with E-state index < -0.39 is 27.1 Å². The van der Waals surface area contributed by atoms with Crippen LogP contribution in [0.1, 0.15) is 99.3 Å². The first-order valence-electron chi connectivity index (χ1n) is 23.0. The summed E-state index contributed by atoms with van der Waals surface area (Å²) in [6, 6.07) is 26.9. The lowest BCUT2D eigenvalue weighted by atomic mass is 9.62. The Bertz CT molecular complexity index is 2450. The molecule has 8 rings (SSSR count). The van der Waals surface area contributed by atoms with Crippen molar-refractivity contribution in [1.82, 2.24) is 4.31 Å². The number of carbonyl (C=O) groups is 1. The molecule has 0 saturated heterocycles. The van der Waals surface area contributed by atoms with Gasteiger partial charge < -0.3 is 29.0 Å². The molecule has 4 aromatic rings. The Morgan fingerprint density at radius 1 is 0.923 bits per heavy atom. The molecule has 12 heteroatoms. The summed E-state index contributed by atoms with van der Waals surface area (Å²) < 4.78 is 53.6. The van der Waals surface area contributed by atoms with E-state index in [1.807, 2.05) is 101 Å². The Labute approximate surface area is 390 Å². The molecule has 348 valence electrons. The lowest BCUT2D eigenvalue weighted by Crippen LogP contribution is -2.50. The van der Waals surface area contributed by atoms with Crippen molar-refractivity contribution in [3.8, 4) is 17.2 Å². The quantitative estimate of drug-likeness (QED) is 0.0919. The highest BCUT2D eigenvalue weighted by atomic mass is 35.5. The van der Waals surface area contributed by atoms with E-state index in [0.717, 1.165) is 65.3 Å². The predicted molar refractivity (Wildman–Crippen MR) is 257 cm³/mol. The van der Waals surface area contributed by atoms with Gasteiger partial charge in [0.1, 0.15) is 22.8 Å². The number of nitrogens with zero attached hydrogens (tertiary/aromatic N) is 2. The van der Waals surface area contributed by atoms with Crippen LogP contribution in [0.3, 0.4) is 0 Å². The largest absolute Gasteiger partial charge is 0.497 e. The maximum atomic E-state index is 14.4. The maximum Gasteiger partial charge on any atom is 0.338 e. The van der Waals surface area contributed by atoms with E-state index in [4.69, 9.17) is 30.5 Å². The number of hydrogen-bond donors (Lipinski definition) is 1. The first-order chi connectivity index (χ1) is 30.8. The van der Waals surface area contributed by atoms with Crippen molar-refractivity contribution in [3.05, 3.63) is 129 Å². The third-order valence-electron chi connectivity index (χ3n) is 14.2. The predicted octanol–water partition coefficient (Wildman–Crippen LogP) is 10.2. The zero-order chi connectivity index (χ0) is 46.3. The number of halogens is 1. The molecule has 0 bridgehead atoms. The number of aliphatic hydroxyl groups excluding tert-OH is 1. The van der Waals surface area contributed by atoms with Crippen molar-refractivity contribution < 1.29 is 37.3 Å². The highest BCUT2D eigenvalue weighted by Gasteiger charge is 2.47. The van der Waals surface area contributed by atoms with E-state index in [0.29, 0.717) is 43.2 Å². The van der Waals surface area contributed by atoms with E-state index in [9.17, 15) is 18.3 Å². The van der Waals surface area contributed by atoms with Gasteiger partial charge in [0.2, 0.25) is 10.0 Å². The Kier molecular flexibility index (Phi) is 13.5. The molecule has 0 amide bonds. The molecular weight excluding hydrogens is 860 g/mol. The minimum atomic E-state index is -3.75. The second kappa shape index (κ2) is 18.6. The molecule has 10 nitrogen and oxygen atoms in total. The van der Waals surface area contributed by atoms with Crippen molar-refractivity contribution in [1.29, 1.82) is 0 Å². The van der Waals surface area contributed by atoms with E-state index in [1.165, 1.54) is 11.1 Å². The summed E-state index contributed by atoms with van der Waals surface area (Å²) in [4.78, 5) is 15.8. The van der Waals surface area contributed by atoms with Gasteiger partial charge in [-0.2, -0.15) is 4.31 Å². The van der Waals surface area contributed by atoms with E-state index in [-0.39, 0.29) is 48.0 Å². The number of anilines is 1. The van der Waals surface area contributed by atoms with Crippen LogP contribution in [0, 0.1) is 23.2 Å². The molecule has 1 N–H and O–H groups in total. The first-order valence-corrected chi connectivity index (χ1v) is 25.0. The number of carbonyl (C=O) groups excluding carboxylic acids is 1. The van der Waals surface area contributed by atoms with Gasteiger partial charge in [-0.15, -0.1) is 0 Å². The highest BCUT2D eigenvalue weighted by molar-refractivity contribution is 7.89. The molecule has 65 heavy (non-hydrogen) atoms. The Hall–Kier alpha value is -4.55. The number of benzene rings is 4. The van der Waals surface area contributed by atoms with Crippen LogP contribution in [0.15, 0.2) is 96.6 Å². The van der Waals surface area contributed by atoms with Crippen LogP contribution in [0.5, 0.6) is 17.2 Å². The summed E-state index contributed by atoms with van der Waals surface area (Å²) in [5.74, 6) is 1.98. The van der Waals surface area contributed by atoms with Gasteiger partial charge in [-0.1, -0.05) is 61.9 Å². The number of aryl methyl sites for hydroxylation is 1. The Balaban J connectivity index is 0.993. The molecule has 0 aromatic heterocycles. The molecule has 4 aliphatic rings. The number of esters is 1. The van der Waals surface area contributed by atoms with Crippen molar-refractivity contribution in [3.63, 3.8) is 0 Å². The van der Waals surface area contributed by atoms with Gasteiger partial charge in [0.25, 0.3) is 0 Å². The number of hydrogen-bond acceptors (Lipinski definition) is 9. The number of methoxy groups -OCH3 is 2. The number of fused-ring (bicyclic) bond motifs is 3. The summed E-state index contributed by atoms with van der Waals surface area (Å²) in [5.41, 5.74) is 5.09. The van der Waals surface area contributed by atoms with Crippen LogP contribution >= 0.6 is 11.6 Å². The van der Waals surface area contributed by atoms with Crippen LogP contribution in [0.4, 0.5) is 5.69 Å². The maximum absolute atomic E-state index is 14.4. The molecule has 0 unspecified atom stereocenters. The van der Waals surface area contributed by atoms with Gasteiger partial charge in [0.05, 0.1) is 43.9 Å². The molecule has 5 atom stereocenters. The average molecular weight is 926 g/mol. The number of sulfonamides is 1. The molecule has 1 heterocycles. The SMILES string of the molecule is COc1ccc(CN(Cc2ccc(OC)cc2)S(=O)(=O)CC(C)(C)[C@H]2C=C([C@@H](O)[C@@H]3CC[C@H]3CN3C[C@@]4(CCCc5cc(Cl)ccc54)COc4ccc(C(=O)OC(C)(C)C)cc43)C2)cc1. The third kappa shape index (κ3) is 10.4. The zero-order valence-corrected chi connectivity index (χ0v) is 40.5. The molecule has 1 fully saturated rings. The summed E-state index contributed by atoms with van der Waals surface area (Å²) in [6.45, 7) is 12.0. The van der Waals surface area contributed by atoms with Crippen molar-refractivity contribution in [2.75, 3.05) is 44.6 Å². The van der Waals surface area contributed by atoms with Crippen molar-refractivity contribution in [2.45, 2.75) is 103 Å². The number of rotatable bonds is 15. The van der Waals surface area contributed by atoms with Crippen LogP contribution in [0.2, 0.25) is 5.02 Å². The van der Waals surface area contributed by atoms with Gasteiger partial charge in [0, 0.05) is 36.6 Å². The molecule has 1 spiro atoms. The third-order valence-corrected chi connectivity index (χ3v) is 16.6. The Morgan fingerprint density at radius 3 is 2.15 bits per heavy atom. The van der Waals surface area contributed by atoms with Gasteiger partial charge in [-0.05, 0) is 165 Å². The fraction of sp³-hybridized carbons (Fsp3) is 0.491. The van der Waals surface area contributed by atoms with E-state index in [2.05, 4.69) is 23.1 Å². The second-order valence-corrected chi connectivity index (χ2v) is 22.9. The topological polar surface area (TPSA) is 115 Å². The average Bonchev–Trinajstić information content (AvgIpc) is 3.37. The number of ether oxygens (including phenoxy) is 4.